The van der Waals surface area contributed by atoms with Gasteiger partial charge < -0.3 is 10.4 Å². The summed E-state index contributed by atoms with van der Waals surface area (Å²) in [4.78, 5) is 12.0. The quantitative estimate of drug-likeness (QED) is 0.865. The fourth-order valence-electron chi connectivity index (χ4n) is 2.42. The molecule has 0 radical (unpaired) electrons. The summed E-state index contributed by atoms with van der Waals surface area (Å²) in [5.41, 5.74) is 0.306. The average molecular weight is 251 g/mol. The van der Waals surface area contributed by atoms with Crippen LogP contribution in [0, 0.1) is 12.7 Å². The van der Waals surface area contributed by atoms with Crippen molar-refractivity contribution >= 4 is 5.91 Å². The van der Waals surface area contributed by atoms with Crippen LogP contribution in [-0.4, -0.2) is 23.2 Å². The van der Waals surface area contributed by atoms with E-state index in [1.165, 1.54) is 6.07 Å². The highest BCUT2D eigenvalue weighted by Gasteiger charge is 2.34. The maximum absolute atomic E-state index is 13.4. The molecule has 3 nitrogen and oxygen atoms in total. The first-order chi connectivity index (χ1) is 8.56. The van der Waals surface area contributed by atoms with E-state index in [4.69, 9.17) is 0 Å². The van der Waals surface area contributed by atoms with Gasteiger partial charge in [0.2, 0.25) is 0 Å². The molecule has 0 bridgehead atoms. The number of hydrogen-bond acceptors (Lipinski definition) is 2. The van der Waals surface area contributed by atoms with E-state index < -0.39 is 5.54 Å². The van der Waals surface area contributed by atoms with E-state index in [2.05, 4.69) is 5.32 Å². The maximum atomic E-state index is 13.4. The van der Waals surface area contributed by atoms with Gasteiger partial charge in [-0.1, -0.05) is 18.9 Å². The van der Waals surface area contributed by atoms with Crippen molar-refractivity contribution in [2.45, 2.75) is 38.1 Å². The smallest absolute Gasteiger partial charge is 0.251 e. The molecule has 18 heavy (non-hydrogen) atoms. The van der Waals surface area contributed by atoms with Gasteiger partial charge in [0, 0.05) is 5.56 Å². The van der Waals surface area contributed by atoms with Gasteiger partial charge in [-0.15, -0.1) is 0 Å². The molecule has 98 valence electrons. The minimum Gasteiger partial charge on any atom is -0.394 e. The largest absolute Gasteiger partial charge is 0.394 e. The molecule has 2 rings (SSSR count). The summed E-state index contributed by atoms with van der Waals surface area (Å²) in [5, 5.41) is 12.3. The highest BCUT2D eigenvalue weighted by molar-refractivity contribution is 5.94. The van der Waals surface area contributed by atoms with E-state index in [1.54, 1.807) is 19.1 Å². The number of rotatable bonds is 3. The molecule has 1 amide bonds. The lowest BCUT2D eigenvalue weighted by atomic mass is 9.98. The molecule has 1 saturated carbocycles. The van der Waals surface area contributed by atoms with Gasteiger partial charge in [0.05, 0.1) is 12.1 Å². The third kappa shape index (κ3) is 2.53. The van der Waals surface area contributed by atoms with Gasteiger partial charge in [-0.3, -0.25) is 4.79 Å². The standard InChI is InChI=1S/C14H18FNO2/c1-10-4-5-11(8-12(10)15)13(18)16-14(9-17)6-2-3-7-14/h4-5,8,17H,2-3,6-7,9H2,1H3,(H,16,18). The lowest BCUT2D eigenvalue weighted by molar-refractivity contribution is 0.0838. The van der Waals surface area contributed by atoms with Crippen molar-refractivity contribution in [3.05, 3.63) is 35.1 Å². The van der Waals surface area contributed by atoms with Crippen LogP contribution in [0.1, 0.15) is 41.6 Å². The van der Waals surface area contributed by atoms with Gasteiger partial charge >= 0.3 is 0 Å². The average Bonchev–Trinajstić information content (AvgIpc) is 2.82. The Morgan fingerprint density at radius 1 is 1.44 bits per heavy atom. The third-order valence-electron chi connectivity index (χ3n) is 3.68. The second-order valence-electron chi connectivity index (χ2n) is 5.06. The van der Waals surface area contributed by atoms with Crippen LogP contribution >= 0.6 is 0 Å². The molecule has 0 unspecified atom stereocenters. The predicted octanol–water partition coefficient (Wildman–Crippen LogP) is 2.17. The van der Waals surface area contributed by atoms with Gasteiger partial charge in [0.1, 0.15) is 5.82 Å². The van der Waals surface area contributed by atoms with Gasteiger partial charge in [0.25, 0.3) is 5.91 Å². The fourth-order valence-corrected chi connectivity index (χ4v) is 2.42. The fraction of sp³-hybridized carbons (Fsp3) is 0.500. The molecule has 0 aliphatic heterocycles. The zero-order valence-corrected chi connectivity index (χ0v) is 10.5. The molecule has 0 atom stereocenters. The molecular weight excluding hydrogens is 233 g/mol. The molecule has 1 fully saturated rings. The summed E-state index contributed by atoms with van der Waals surface area (Å²) in [5.74, 6) is -0.697. The van der Waals surface area contributed by atoms with E-state index in [0.29, 0.717) is 11.1 Å². The molecule has 0 spiro atoms. The number of aliphatic hydroxyl groups excluding tert-OH is 1. The van der Waals surface area contributed by atoms with Gasteiger partial charge in [-0.2, -0.15) is 0 Å². The number of carbonyl (C=O) groups excluding carboxylic acids is 1. The highest BCUT2D eigenvalue weighted by atomic mass is 19.1. The zero-order chi connectivity index (χ0) is 13.2. The summed E-state index contributed by atoms with van der Waals surface area (Å²) in [7, 11) is 0. The van der Waals surface area contributed by atoms with Crippen LogP contribution in [0.3, 0.4) is 0 Å². The molecule has 0 aromatic heterocycles. The topological polar surface area (TPSA) is 49.3 Å². The Bertz CT molecular complexity index is 453. The Labute approximate surface area is 106 Å². The van der Waals surface area contributed by atoms with Crippen LogP contribution in [0.4, 0.5) is 4.39 Å². The third-order valence-corrected chi connectivity index (χ3v) is 3.68. The molecule has 1 aromatic carbocycles. The van der Waals surface area contributed by atoms with Crippen molar-refractivity contribution in [2.24, 2.45) is 0 Å². The van der Waals surface area contributed by atoms with E-state index in [9.17, 15) is 14.3 Å². The predicted molar refractivity (Wildman–Crippen MR) is 66.9 cm³/mol. The zero-order valence-electron chi connectivity index (χ0n) is 10.5. The molecule has 4 heteroatoms. The molecular formula is C14H18FNO2. The Morgan fingerprint density at radius 2 is 2.11 bits per heavy atom. The Balaban J connectivity index is 2.13. The minimum absolute atomic E-state index is 0.0624. The van der Waals surface area contributed by atoms with Crippen LogP contribution in [0.2, 0.25) is 0 Å². The Kier molecular flexibility index (Phi) is 3.66. The SMILES string of the molecule is Cc1ccc(C(=O)NC2(CO)CCCC2)cc1F. The number of benzene rings is 1. The summed E-state index contributed by atoms with van der Waals surface area (Å²) in [6, 6.07) is 4.43. The molecule has 2 N–H and O–H groups in total. The van der Waals surface area contributed by atoms with E-state index in [-0.39, 0.29) is 18.3 Å². The molecule has 1 aromatic rings. The maximum Gasteiger partial charge on any atom is 0.251 e. The van der Waals surface area contributed by atoms with Crippen molar-refractivity contribution < 1.29 is 14.3 Å². The Morgan fingerprint density at radius 3 is 2.67 bits per heavy atom. The van der Waals surface area contributed by atoms with E-state index in [0.717, 1.165) is 25.7 Å². The number of carbonyl (C=O) groups is 1. The lowest BCUT2D eigenvalue weighted by Crippen LogP contribution is -2.49. The highest BCUT2D eigenvalue weighted by Crippen LogP contribution is 2.29. The van der Waals surface area contributed by atoms with Crippen LogP contribution < -0.4 is 5.32 Å². The molecule has 0 heterocycles. The summed E-state index contributed by atoms with van der Waals surface area (Å²) < 4.78 is 13.4. The monoisotopic (exact) mass is 251 g/mol. The lowest BCUT2D eigenvalue weighted by Gasteiger charge is -2.28. The van der Waals surface area contributed by atoms with E-state index >= 15 is 0 Å². The second kappa shape index (κ2) is 5.06. The first-order valence-electron chi connectivity index (χ1n) is 6.26. The van der Waals surface area contributed by atoms with Crippen LogP contribution in [0.15, 0.2) is 18.2 Å². The van der Waals surface area contributed by atoms with Gasteiger partial charge in [0.15, 0.2) is 0 Å². The second-order valence-corrected chi connectivity index (χ2v) is 5.06. The van der Waals surface area contributed by atoms with Crippen LogP contribution in [0.25, 0.3) is 0 Å². The molecule has 1 aliphatic rings. The van der Waals surface area contributed by atoms with Crippen molar-refractivity contribution in [1.29, 1.82) is 0 Å². The number of aryl methyl sites for hydroxylation is 1. The van der Waals surface area contributed by atoms with E-state index in [1.807, 2.05) is 0 Å². The van der Waals surface area contributed by atoms with Crippen molar-refractivity contribution in [3.8, 4) is 0 Å². The van der Waals surface area contributed by atoms with Crippen molar-refractivity contribution in [3.63, 3.8) is 0 Å². The first-order valence-corrected chi connectivity index (χ1v) is 6.26. The number of aliphatic hydroxyl groups is 1. The van der Waals surface area contributed by atoms with Gasteiger partial charge in [-0.25, -0.2) is 4.39 Å². The summed E-state index contributed by atoms with van der Waals surface area (Å²) >= 11 is 0. The first kappa shape index (κ1) is 13.0. The molecule has 0 saturated heterocycles. The number of amides is 1. The normalized spacial score (nSPS) is 17.7. The number of halogens is 1. The number of nitrogens with one attached hydrogen (secondary N) is 1. The van der Waals surface area contributed by atoms with Gasteiger partial charge in [-0.05, 0) is 37.5 Å². The van der Waals surface area contributed by atoms with Crippen LogP contribution in [0.5, 0.6) is 0 Å². The molecule has 1 aliphatic carbocycles. The van der Waals surface area contributed by atoms with Crippen molar-refractivity contribution in [1.82, 2.24) is 5.32 Å². The Hall–Kier alpha value is -1.42. The number of hydrogen-bond donors (Lipinski definition) is 2. The minimum atomic E-state index is -0.515. The summed E-state index contributed by atoms with van der Waals surface area (Å²) in [6.07, 6.45) is 3.57. The van der Waals surface area contributed by atoms with Crippen LogP contribution in [-0.2, 0) is 0 Å². The summed E-state index contributed by atoms with van der Waals surface area (Å²) in [6.45, 7) is 1.59. The van der Waals surface area contributed by atoms with Crippen molar-refractivity contribution in [2.75, 3.05) is 6.61 Å².